The molecule has 0 radical (unpaired) electrons. The Balaban J connectivity index is 0.921. The Kier molecular flexibility index (Phi) is 10.4. The lowest BCUT2D eigenvalue weighted by molar-refractivity contribution is 0.745. The third-order valence-corrected chi connectivity index (χ3v) is 13.6. The number of fused-ring (bicyclic) bond motifs is 6. The molecule has 0 spiro atoms. The lowest BCUT2D eigenvalue weighted by Gasteiger charge is -2.29. The van der Waals surface area contributed by atoms with Crippen molar-refractivity contribution in [2.24, 2.45) is 0 Å². The second-order valence-electron chi connectivity index (χ2n) is 17.6. The Bertz CT molecular complexity index is 3580. The minimum absolute atomic E-state index is 0.165. The molecule has 10 aromatic rings. The number of hydrogen-bond acceptors (Lipinski definition) is 3. The summed E-state index contributed by atoms with van der Waals surface area (Å²) in [6.07, 6.45) is 15.7. The van der Waals surface area contributed by atoms with Gasteiger partial charge in [-0.2, -0.15) is 0 Å². The number of benzene rings is 8. The molecule has 1 aliphatic carbocycles. The van der Waals surface area contributed by atoms with E-state index in [1.54, 1.807) is 0 Å². The van der Waals surface area contributed by atoms with Crippen LogP contribution in [0.25, 0.3) is 89.2 Å². The van der Waals surface area contributed by atoms with Crippen LogP contribution in [0.4, 0.5) is 11.4 Å². The second kappa shape index (κ2) is 17.3. The van der Waals surface area contributed by atoms with Crippen molar-refractivity contribution in [1.29, 1.82) is 0 Å². The Morgan fingerprint density at radius 1 is 0.471 bits per heavy atom. The Labute approximate surface area is 397 Å². The molecule has 2 unspecified atom stereocenters. The maximum atomic E-state index is 5.10. The van der Waals surface area contributed by atoms with Crippen molar-refractivity contribution in [1.82, 2.24) is 14.5 Å². The van der Waals surface area contributed by atoms with Gasteiger partial charge in [0.2, 0.25) is 0 Å². The van der Waals surface area contributed by atoms with Gasteiger partial charge in [-0.15, -0.1) is 0 Å². The lowest BCUT2D eigenvalue weighted by atomic mass is 9.89. The average Bonchev–Trinajstić information content (AvgIpc) is 3.93. The molecule has 0 fully saturated rings. The van der Waals surface area contributed by atoms with Crippen molar-refractivity contribution in [2.45, 2.75) is 25.8 Å². The van der Waals surface area contributed by atoms with Gasteiger partial charge in [-0.25, -0.2) is 9.97 Å². The van der Waals surface area contributed by atoms with Crippen LogP contribution in [0.2, 0.25) is 0 Å². The van der Waals surface area contributed by atoms with E-state index in [9.17, 15) is 0 Å². The SMILES string of the molecule is C/C=C\C(=C/C)c1cc(-c2ccccc2)cc(N2c3ccc(-c4ccc5c(c4)c4ccccc4n5-c4ccc(-c5cc(-c6ccccc6)nc(-c6ccccc6)n5)cc4)cc3C3C=CC=CC32)c1. The Morgan fingerprint density at radius 3 is 1.82 bits per heavy atom. The van der Waals surface area contributed by atoms with Gasteiger partial charge in [0.25, 0.3) is 0 Å². The van der Waals surface area contributed by atoms with E-state index in [0.29, 0.717) is 5.82 Å². The summed E-state index contributed by atoms with van der Waals surface area (Å²) in [6, 6.07) is 72.3. The van der Waals surface area contributed by atoms with Crippen LogP contribution in [0.1, 0.15) is 30.9 Å². The molecule has 8 aromatic carbocycles. The molecule has 12 rings (SSSR count). The maximum absolute atomic E-state index is 5.10. The van der Waals surface area contributed by atoms with Gasteiger partial charge in [-0.05, 0) is 120 Å². The van der Waals surface area contributed by atoms with Crippen molar-refractivity contribution < 1.29 is 0 Å². The quantitative estimate of drug-likeness (QED) is 0.136. The van der Waals surface area contributed by atoms with Crippen molar-refractivity contribution in [3.05, 3.63) is 254 Å². The highest BCUT2D eigenvalue weighted by Crippen LogP contribution is 2.50. The van der Waals surface area contributed by atoms with Gasteiger partial charge in [-0.1, -0.05) is 176 Å². The minimum atomic E-state index is 0.165. The molecule has 0 amide bonds. The molecule has 4 heteroatoms. The summed E-state index contributed by atoms with van der Waals surface area (Å²) in [5, 5.41) is 2.45. The number of para-hydroxylation sites is 1. The third kappa shape index (κ3) is 7.28. The number of rotatable bonds is 9. The number of hydrogen-bond donors (Lipinski definition) is 0. The summed E-state index contributed by atoms with van der Waals surface area (Å²) in [4.78, 5) is 12.7. The van der Waals surface area contributed by atoms with E-state index < -0.39 is 0 Å². The van der Waals surface area contributed by atoms with Crippen LogP contribution in [-0.2, 0) is 0 Å². The molecule has 1 aliphatic heterocycles. The van der Waals surface area contributed by atoms with Crippen LogP contribution in [0.15, 0.2) is 243 Å². The molecule has 3 heterocycles. The fourth-order valence-corrected chi connectivity index (χ4v) is 10.4. The van der Waals surface area contributed by atoms with Gasteiger partial charge < -0.3 is 9.47 Å². The van der Waals surface area contributed by atoms with Crippen molar-refractivity contribution in [3.8, 4) is 61.8 Å². The van der Waals surface area contributed by atoms with E-state index in [1.807, 2.05) is 24.3 Å². The van der Waals surface area contributed by atoms with E-state index in [1.165, 1.54) is 72.1 Å². The number of anilines is 2. The van der Waals surface area contributed by atoms with E-state index in [2.05, 4.69) is 242 Å². The van der Waals surface area contributed by atoms with Crippen molar-refractivity contribution >= 4 is 38.8 Å². The van der Waals surface area contributed by atoms with Crippen molar-refractivity contribution in [2.75, 3.05) is 4.90 Å². The number of nitrogens with zero attached hydrogens (tertiary/aromatic N) is 4. The Hall–Kier alpha value is -8.60. The van der Waals surface area contributed by atoms with Crippen LogP contribution in [-0.4, -0.2) is 20.6 Å². The first-order valence-electron chi connectivity index (χ1n) is 23.5. The summed E-state index contributed by atoms with van der Waals surface area (Å²) in [6.45, 7) is 4.21. The van der Waals surface area contributed by atoms with Crippen molar-refractivity contribution in [3.63, 3.8) is 0 Å². The normalized spacial score (nSPS) is 15.4. The zero-order valence-electron chi connectivity index (χ0n) is 38.0. The standard InChI is InChI=1S/C64H48N4/c1-3-18-43(4-2)50-37-51(44-19-8-5-9-20-44)39-53(38-50)68-61-28-17-15-26-55(61)57-41-49(32-36-63(57)68)48-31-35-62-56(40-48)54-25-14-16-27-60(54)67(62)52-33-29-46(30-34-52)59-42-58(45-21-10-6-11-22-45)65-64(66-59)47-23-12-7-13-24-47/h3-42,55,61H,1-2H3/b18-3-,43-4+. The number of aromatic nitrogens is 3. The van der Waals surface area contributed by atoms with Crippen LogP contribution in [0, 0.1) is 0 Å². The monoisotopic (exact) mass is 872 g/mol. The van der Waals surface area contributed by atoms with Crippen LogP contribution < -0.4 is 4.90 Å². The van der Waals surface area contributed by atoms with E-state index in [-0.39, 0.29) is 12.0 Å². The highest BCUT2D eigenvalue weighted by atomic mass is 15.2. The molecule has 0 bridgehead atoms. The summed E-state index contributed by atoms with van der Waals surface area (Å²) in [5.74, 6) is 0.934. The van der Waals surface area contributed by atoms with Gasteiger partial charge in [0.05, 0.1) is 28.5 Å². The highest BCUT2D eigenvalue weighted by Gasteiger charge is 2.38. The Morgan fingerprint density at radius 2 is 1.09 bits per heavy atom. The molecule has 0 saturated heterocycles. The zero-order valence-corrected chi connectivity index (χ0v) is 38.0. The third-order valence-electron chi connectivity index (χ3n) is 13.6. The molecule has 2 aliphatic rings. The molecule has 324 valence electrons. The van der Waals surface area contributed by atoms with Crippen LogP contribution in [0.3, 0.4) is 0 Å². The number of allylic oxidation sites excluding steroid dienone is 6. The van der Waals surface area contributed by atoms with E-state index in [4.69, 9.17) is 9.97 Å². The van der Waals surface area contributed by atoms with E-state index >= 15 is 0 Å². The first-order chi connectivity index (χ1) is 33.6. The zero-order chi connectivity index (χ0) is 45.6. The second-order valence-corrected chi connectivity index (χ2v) is 17.6. The predicted molar refractivity (Wildman–Crippen MR) is 285 cm³/mol. The molecule has 68 heavy (non-hydrogen) atoms. The van der Waals surface area contributed by atoms with Crippen LogP contribution in [0.5, 0.6) is 0 Å². The van der Waals surface area contributed by atoms with Gasteiger partial charge in [-0.3, -0.25) is 0 Å². The average molecular weight is 873 g/mol. The lowest BCUT2D eigenvalue weighted by Crippen LogP contribution is -2.28. The molecule has 2 atom stereocenters. The first kappa shape index (κ1) is 40.9. The first-order valence-corrected chi connectivity index (χ1v) is 23.5. The largest absolute Gasteiger partial charge is 0.333 e. The molecular formula is C64H48N4. The molecule has 0 saturated carbocycles. The van der Waals surface area contributed by atoms with Crippen LogP contribution >= 0.6 is 0 Å². The fraction of sp³-hybridized carbons (Fsp3) is 0.0625. The van der Waals surface area contributed by atoms with Gasteiger partial charge in [0, 0.05) is 50.4 Å². The molecule has 2 aromatic heterocycles. The topological polar surface area (TPSA) is 34.0 Å². The fourth-order valence-electron chi connectivity index (χ4n) is 10.4. The minimum Gasteiger partial charge on any atom is -0.333 e. The summed E-state index contributed by atoms with van der Waals surface area (Å²) < 4.78 is 2.39. The van der Waals surface area contributed by atoms with Gasteiger partial charge in [0.15, 0.2) is 5.82 Å². The molecule has 4 nitrogen and oxygen atoms in total. The maximum Gasteiger partial charge on any atom is 0.160 e. The predicted octanol–water partition coefficient (Wildman–Crippen LogP) is 16.6. The summed E-state index contributed by atoms with van der Waals surface area (Å²) in [5.41, 5.74) is 19.4. The van der Waals surface area contributed by atoms with Gasteiger partial charge in [0.1, 0.15) is 0 Å². The smallest absolute Gasteiger partial charge is 0.160 e. The van der Waals surface area contributed by atoms with E-state index in [0.717, 1.165) is 33.8 Å². The molecular weight excluding hydrogens is 825 g/mol. The summed E-state index contributed by atoms with van der Waals surface area (Å²) >= 11 is 0. The highest BCUT2D eigenvalue weighted by molar-refractivity contribution is 6.10. The molecule has 0 N–H and O–H groups in total. The summed E-state index contributed by atoms with van der Waals surface area (Å²) in [7, 11) is 0. The van der Waals surface area contributed by atoms with Gasteiger partial charge >= 0.3 is 0 Å².